The summed E-state index contributed by atoms with van der Waals surface area (Å²) in [6.45, 7) is 4.23. The molecular formula is C13H19BrN2. The molecule has 2 nitrogen and oxygen atoms in total. The van der Waals surface area contributed by atoms with Crippen molar-refractivity contribution in [2.45, 2.75) is 31.8 Å². The van der Waals surface area contributed by atoms with E-state index in [0.717, 1.165) is 11.0 Å². The summed E-state index contributed by atoms with van der Waals surface area (Å²) in [5.41, 5.74) is 7.19. The van der Waals surface area contributed by atoms with Gasteiger partial charge in [-0.05, 0) is 44.0 Å². The van der Waals surface area contributed by atoms with Crippen molar-refractivity contribution in [2.75, 3.05) is 13.1 Å². The van der Waals surface area contributed by atoms with Crippen LogP contribution in [0.25, 0.3) is 0 Å². The highest BCUT2D eigenvalue weighted by Crippen LogP contribution is 2.29. The van der Waals surface area contributed by atoms with Crippen LogP contribution >= 0.6 is 15.9 Å². The number of likely N-dealkylation sites (tertiary alicyclic amines) is 1. The van der Waals surface area contributed by atoms with Gasteiger partial charge >= 0.3 is 0 Å². The molecule has 2 unspecified atom stereocenters. The molecule has 2 atom stereocenters. The maximum absolute atomic E-state index is 5.82. The molecule has 1 heterocycles. The van der Waals surface area contributed by atoms with Gasteiger partial charge in [-0.1, -0.05) is 28.1 Å². The highest BCUT2D eigenvalue weighted by atomic mass is 79.9. The molecule has 1 aliphatic heterocycles. The number of nitrogens with zero attached hydrogens (tertiary/aromatic N) is 1. The number of hydrogen-bond acceptors (Lipinski definition) is 2. The average Bonchev–Trinajstić information content (AvgIpc) is 2.77. The highest BCUT2D eigenvalue weighted by Gasteiger charge is 2.27. The molecule has 16 heavy (non-hydrogen) atoms. The van der Waals surface area contributed by atoms with Crippen molar-refractivity contribution < 1.29 is 0 Å². The van der Waals surface area contributed by atoms with Gasteiger partial charge in [0.2, 0.25) is 0 Å². The average molecular weight is 283 g/mol. The van der Waals surface area contributed by atoms with Crippen LogP contribution in [0.15, 0.2) is 28.7 Å². The van der Waals surface area contributed by atoms with Crippen molar-refractivity contribution in [1.82, 2.24) is 4.90 Å². The minimum absolute atomic E-state index is 0.476. The van der Waals surface area contributed by atoms with E-state index in [-0.39, 0.29) is 0 Å². The van der Waals surface area contributed by atoms with Gasteiger partial charge < -0.3 is 5.73 Å². The summed E-state index contributed by atoms with van der Waals surface area (Å²) in [4.78, 5) is 2.53. The predicted octanol–water partition coefficient (Wildman–Crippen LogP) is 2.93. The molecular weight excluding hydrogens is 264 g/mol. The first kappa shape index (κ1) is 12.1. The molecule has 2 N–H and O–H groups in total. The zero-order valence-corrected chi connectivity index (χ0v) is 11.3. The van der Waals surface area contributed by atoms with Gasteiger partial charge in [-0.25, -0.2) is 0 Å². The molecule has 0 spiro atoms. The maximum atomic E-state index is 5.82. The van der Waals surface area contributed by atoms with Crippen LogP contribution in [-0.4, -0.2) is 24.0 Å². The van der Waals surface area contributed by atoms with E-state index in [9.17, 15) is 0 Å². The monoisotopic (exact) mass is 282 g/mol. The van der Waals surface area contributed by atoms with E-state index in [0.29, 0.717) is 12.1 Å². The predicted molar refractivity (Wildman–Crippen MR) is 71.3 cm³/mol. The van der Waals surface area contributed by atoms with E-state index in [2.05, 4.69) is 52.0 Å². The Labute approximate surface area is 106 Å². The minimum atomic E-state index is 0.476. The molecule has 3 heteroatoms. The summed E-state index contributed by atoms with van der Waals surface area (Å²) in [6.07, 6.45) is 2.53. The molecule has 1 aromatic rings. The molecule has 1 aliphatic rings. The van der Waals surface area contributed by atoms with E-state index >= 15 is 0 Å². The van der Waals surface area contributed by atoms with Crippen LogP contribution in [0, 0.1) is 0 Å². The van der Waals surface area contributed by atoms with Gasteiger partial charge in [0, 0.05) is 23.1 Å². The van der Waals surface area contributed by atoms with Gasteiger partial charge in [-0.15, -0.1) is 0 Å². The Bertz CT molecular complexity index is 336. The molecule has 0 aromatic heterocycles. The van der Waals surface area contributed by atoms with Crippen molar-refractivity contribution in [3.05, 3.63) is 34.3 Å². The van der Waals surface area contributed by atoms with Crippen molar-refractivity contribution in [3.8, 4) is 0 Å². The molecule has 1 aromatic carbocycles. The fourth-order valence-electron chi connectivity index (χ4n) is 2.55. The van der Waals surface area contributed by atoms with Crippen LogP contribution in [0.1, 0.15) is 31.4 Å². The molecule has 0 aliphatic carbocycles. The van der Waals surface area contributed by atoms with Gasteiger partial charge in [-0.2, -0.15) is 0 Å². The first-order valence-electron chi connectivity index (χ1n) is 5.93. The zero-order chi connectivity index (χ0) is 11.5. The molecule has 88 valence electrons. The van der Waals surface area contributed by atoms with Gasteiger partial charge in [0.05, 0.1) is 0 Å². The van der Waals surface area contributed by atoms with Crippen LogP contribution < -0.4 is 5.73 Å². The Morgan fingerprint density at radius 2 is 2.12 bits per heavy atom. The van der Waals surface area contributed by atoms with E-state index in [1.807, 2.05) is 0 Å². The summed E-state index contributed by atoms with van der Waals surface area (Å²) in [5, 5.41) is 0. The number of hydrogen-bond donors (Lipinski definition) is 1. The fourth-order valence-corrected chi connectivity index (χ4v) is 2.82. The first-order valence-corrected chi connectivity index (χ1v) is 6.73. The molecule has 0 radical (unpaired) electrons. The van der Waals surface area contributed by atoms with Gasteiger partial charge in [0.1, 0.15) is 0 Å². The summed E-state index contributed by atoms with van der Waals surface area (Å²) in [7, 11) is 0. The maximum Gasteiger partial charge on any atom is 0.0323 e. The Kier molecular flexibility index (Phi) is 4.00. The molecule has 0 bridgehead atoms. The van der Waals surface area contributed by atoms with E-state index in [4.69, 9.17) is 5.73 Å². The van der Waals surface area contributed by atoms with Gasteiger partial charge in [0.15, 0.2) is 0 Å². The third kappa shape index (κ3) is 2.47. The second-order valence-corrected chi connectivity index (χ2v) is 5.41. The summed E-state index contributed by atoms with van der Waals surface area (Å²) >= 11 is 3.47. The second-order valence-electron chi connectivity index (χ2n) is 4.50. The van der Waals surface area contributed by atoms with Crippen molar-refractivity contribution in [3.63, 3.8) is 0 Å². The summed E-state index contributed by atoms with van der Waals surface area (Å²) in [5.74, 6) is 0. The van der Waals surface area contributed by atoms with Crippen LogP contribution in [0.3, 0.4) is 0 Å². The van der Waals surface area contributed by atoms with Crippen molar-refractivity contribution >= 4 is 15.9 Å². The summed E-state index contributed by atoms with van der Waals surface area (Å²) in [6, 6.07) is 9.66. The Morgan fingerprint density at radius 3 is 2.75 bits per heavy atom. The standard InChI is InChI=1S/C13H19BrN2/c1-10(11-4-6-12(14)7-5-11)16-8-2-3-13(16)9-15/h4-7,10,13H,2-3,8-9,15H2,1H3. The molecule has 0 saturated carbocycles. The van der Waals surface area contributed by atoms with Crippen LogP contribution in [0.2, 0.25) is 0 Å². The minimum Gasteiger partial charge on any atom is -0.329 e. The topological polar surface area (TPSA) is 29.3 Å². The van der Waals surface area contributed by atoms with E-state index in [1.165, 1.54) is 24.9 Å². The van der Waals surface area contributed by atoms with E-state index < -0.39 is 0 Å². The Morgan fingerprint density at radius 1 is 1.44 bits per heavy atom. The number of rotatable bonds is 3. The molecule has 0 amide bonds. The van der Waals surface area contributed by atoms with Crippen LogP contribution in [-0.2, 0) is 0 Å². The van der Waals surface area contributed by atoms with Gasteiger partial charge in [0.25, 0.3) is 0 Å². The lowest BCUT2D eigenvalue weighted by Gasteiger charge is -2.30. The second kappa shape index (κ2) is 5.30. The van der Waals surface area contributed by atoms with Gasteiger partial charge in [-0.3, -0.25) is 4.90 Å². The molecule has 1 saturated heterocycles. The number of halogens is 1. The number of nitrogens with two attached hydrogens (primary N) is 1. The third-order valence-corrected chi connectivity index (χ3v) is 4.07. The lowest BCUT2D eigenvalue weighted by Crippen LogP contribution is -2.37. The normalized spacial score (nSPS) is 23.6. The van der Waals surface area contributed by atoms with Crippen molar-refractivity contribution in [2.24, 2.45) is 5.73 Å². The first-order chi connectivity index (χ1) is 7.72. The third-order valence-electron chi connectivity index (χ3n) is 3.54. The van der Waals surface area contributed by atoms with Crippen LogP contribution in [0.4, 0.5) is 0 Å². The lowest BCUT2D eigenvalue weighted by atomic mass is 10.1. The van der Waals surface area contributed by atoms with E-state index in [1.54, 1.807) is 0 Å². The van der Waals surface area contributed by atoms with Crippen LogP contribution in [0.5, 0.6) is 0 Å². The quantitative estimate of drug-likeness (QED) is 0.924. The Hall–Kier alpha value is -0.380. The number of benzene rings is 1. The highest BCUT2D eigenvalue weighted by molar-refractivity contribution is 9.10. The molecule has 1 fully saturated rings. The Balaban J connectivity index is 2.12. The fraction of sp³-hybridized carbons (Fsp3) is 0.538. The smallest absolute Gasteiger partial charge is 0.0323 e. The lowest BCUT2D eigenvalue weighted by molar-refractivity contribution is 0.197. The largest absolute Gasteiger partial charge is 0.329 e. The summed E-state index contributed by atoms with van der Waals surface area (Å²) < 4.78 is 1.14. The SMILES string of the molecule is CC(c1ccc(Br)cc1)N1CCCC1CN. The van der Waals surface area contributed by atoms with Crippen molar-refractivity contribution in [1.29, 1.82) is 0 Å². The molecule has 2 rings (SSSR count). The zero-order valence-electron chi connectivity index (χ0n) is 9.70.